The van der Waals surface area contributed by atoms with Crippen molar-refractivity contribution in [1.82, 2.24) is 4.90 Å². The summed E-state index contributed by atoms with van der Waals surface area (Å²) in [4.78, 5) is 2.46. The van der Waals surface area contributed by atoms with Gasteiger partial charge < -0.3 is 10.2 Å². The molecule has 88 valence electrons. The van der Waals surface area contributed by atoms with Gasteiger partial charge >= 0.3 is 0 Å². The number of aryl methyl sites for hydroxylation is 2. The minimum absolute atomic E-state index is 0.707. The van der Waals surface area contributed by atoms with Crippen LogP contribution in [0.15, 0.2) is 18.2 Å². The van der Waals surface area contributed by atoms with Gasteiger partial charge in [-0.2, -0.15) is 0 Å². The highest BCUT2D eigenvalue weighted by Gasteiger charge is 2.20. The zero-order valence-electron chi connectivity index (χ0n) is 10.6. The number of nitrogens with one attached hydrogen (secondary N) is 1. The van der Waals surface area contributed by atoms with E-state index in [1.54, 1.807) is 0 Å². The molecule has 0 saturated carbocycles. The van der Waals surface area contributed by atoms with E-state index in [1.165, 1.54) is 36.2 Å². The molecule has 0 aromatic heterocycles. The molecule has 16 heavy (non-hydrogen) atoms. The number of anilines is 1. The van der Waals surface area contributed by atoms with Crippen molar-refractivity contribution in [2.45, 2.75) is 32.7 Å². The van der Waals surface area contributed by atoms with Crippen LogP contribution in [0, 0.1) is 13.8 Å². The SMILES string of the molecule is Cc1cccc(C)c1NCC1CCCN1C. The lowest BCUT2D eigenvalue weighted by molar-refractivity contribution is 0.322. The van der Waals surface area contributed by atoms with E-state index in [4.69, 9.17) is 0 Å². The molecular formula is C14H22N2. The Labute approximate surface area is 98.7 Å². The van der Waals surface area contributed by atoms with Gasteiger partial charge in [0.2, 0.25) is 0 Å². The third-order valence-corrected chi connectivity index (χ3v) is 3.67. The summed E-state index contributed by atoms with van der Waals surface area (Å²) in [5.74, 6) is 0. The Morgan fingerprint density at radius 1 is 1.31 bits per heavy atom. The Bertz CT molecular complexity index is 340. The average molecular weight is 218 g/mol. The largest absolute Gasteiger partial charge is 0.383 e. The maximum atomic E-state index is 3.61. The summed E-state index contributed by atoms with van der Waals surface area (Å²) < 4.78 is 0. The van der Waals surface area contributed by atoms with Crippen molar-refractivity contribution in [3.05, 3.63) is 29.3 Å². The molecule has 2 rings (SSSR count). The zero-order valence-corrected chi connectivity index (χ0v) is 10.6. The van der Waals surface area contributed by atoms with Gasteiger partial charge in [0.05, 0.1) is 0 Å². The lowest BCUT2D eigenvalue weighted by atomic mass is 10.1. The molecule has 0 spiro atoms. The molecular weight excluding hydrogens is 196 g/mol. The fraction of sp³-hybridized carbons (Fsp3) is 0.571. The maximum Gasteiger partial charge on any atom is 0.0400 e. The van der Waals surface area contributed by atoms with E-state index in [1.807, 2.05) is 0 Å². The Hall–Kier alpha value is -1.02. The summed E-state index contributed by atoms with van der Waals surface area (Å²) in [5, 5.41) is 3.61. The van der Waals surface area contributed by atoms with E-state index >= 15 is 0 Å². The van der Waals surface area contributed by atoms with Gasteiger partial charge in [0.15, 0.2) is 0 Å². The first-order valence-electron chi connectivity index (χ1n) is 6.19. The highest BCUT2D eigenvalue weighted by atomic mass is 15.2. The molecule has 0 amide bonds. The quantitative estimate of drug-likeness (QED) is 0.839. The van der Waals surface area contributed by atoms with Crippen molar-refractivity contribution in [2.24, 2.45) is 0 Å². The van der Waals surface area contributed by atoms with E-state index in [0.717, 1.165) is 6.54 Å². The minimum Gasteiger partial charge on any atom is -0.383 e. The second-order valence-corrected chi connectivity index (χ2v) is 4.92. The third kappa shape index (κ3) is 2.38. The minimum atomic E-state index is 0.707. The fourth-order valence-corrected chi connectivity index (χ4v) is 2.55. The second-order valence-electron chi connectivity index (χ2n) is 4.92. The molecule has 0 bridgehead atoms. The first-order chi connectivity index (χ1) is 7.68. The first kappa shape index (κ1) is 11.5. The number of rotatable bonds is 3. The summed E-state index contributed by atoms with van der Waals surface area (Å²) in [6.45, 7) is 6.67. The monoisotopic (exact) mass is 218 g/mol. The van der Waals surface area contributed by atoms with Gasteiger partial charge in [-0.3, -0.25) is 0 Å². The Kier molecular flexibility index (Phi) is 3.49. The molecule has 1 saturated heterocycles. The van der Waals surface area contributed by atoms with Crippen LogP contribution in [0.25, 0.3) is 0 Å². The molecule has 1 aliphatic heterocycles. The zero-order chi connectivity index (χ0) is 11.5. The summed E-state index contributed by atoms with van der Waals surface area (Å²) >= 11 is 0. The smallest absolute Gasteiger partial charge is 0.0400 e. The summed E-state index contributed by atoms with van der Waals surface area (Å²) in [6, 6.07) is 7.18. The van der Waals surface area contributed by atoms with E-state index in [0.29, 0.717) is 6.04 Å². The Morgan fingerprint density at radius 3 is 2.56 bits per heavy atom. The van der Waals surface area contributed by atoms with Gasteiger partial charge in [-0.1, -0.05) is 18.2 Å². The van der Waals surface area contributed by atoms with Gasteiger partial charge in [0.25, 0.3) is 0 Å². The van der Waals surface area contributed by atoms with Crippen molar-refractivity contribution in [3.63, 3.8) is 0 Å². The molecule has 0 radical (unpaired) electrons. The Balaban J connectivity index is 1.99. The van der Waals surface area contributed by atoms with E-state index in [-0.39, 0.29) is 0 Å². The number of nitrogens with zero attached hydrogens (tertiary/aromatic N) is 1. The highest BCUT2D eigenvalue weighted by molar-refractivity contribution is 5.56. The standard InChI is InChI=1S/C14H22N2/c1-11-6-4-7-12(2)14(11)15-10-13-8-5-9-16(13)3/h4,6-7,13,15H,5,8-10H2,1-3H3. The van der Waals surface area contributed by atoms with Crippen LogP contribution in [0.5, 0.6) is 0 Å². The van der Waals surface area contributed by atoms with Crippen molar-refractivity contribution < 1.29 is 0 Å². The first-order valence-corrected chi connectivity index (χ1v) is 6.19. The topological polar surface area (TPSA) is 15.3 Å². The molecule has 1 N–H and O–H groups in total. The lowest BCUT2D eigenvalue weighted by Gasteiger charge is -2.21. The molecule has 2 nitrogen and oxygen atoms in total. The molecule has 1 atom stereocenters. The molecule has 1 fully saturated rings. The van der Waals surface area contributed by atoms with Crippen LogP contribution >= 0.6 is 0 Å². The van der Waals surface area contributed by atoms with Crippen LogP contribution in [0.2, 0.25) is 0 Å². The molecule has 0 aliphatic carbocycles. The van der Waals surface area contributed by atoms with Crippen LogP contribution in [0.3, 0.4) is 0 Å². The molecule has 1 heterocycles. The summed E-state index contributed by atoms with van der Waals surface area (Å²) in [6.07, 6.45) is 2.67. The van der Waals surface area contributed by atoms with Gasteiger partial charge in [0, 0.05) is 18.3 Å². The van der Waals surface area contributed by atoms with E-state index in [2.05, 4.69) is 49.3 Å². The van der Waals surface area contributed by atoms with Gasteiger partial charge in [-0.15, -0.1) is 0 Å². The maximum absolute atomic E-state index is 3.61. The highest BCUT2D eigenvalue weighted by Crippen LogP contribution is 2.21. The number of hydrogen-bond donors (Lipinski definition) is 1. The number of hydrogen-bond acceptors (Lipinski definition) is 2. The van der Waals surface area contributed by atoms with Crippen molar-refractivity contribution in [2.75, 3.05) is 25.5 Å². The summed E-state index contributed by atoms with van der Waals surface area (Å²) in [5.41, 5.74) is 4.02. The number of likely N-dealkylation sites (tertiary alicyclic amines) is 1. The number of likely N-dealkylation sites (N-methyl/N-ethyl adjacent to an activating group) is 1. The van der Waals surface area contributed by atoms with Gasteiger partial charge in [0.1, 0.15) is 0 Å². The predicted molar refractivity (Wildman–Crippen MR) is 70.1 cm³/mol. The van der Waals surface area contributed by atoms with Gasteiger partial charge in [-0.25, -0.2) is 0 Å². The molecule has 1 aromatic carbocycles. The van der Waals surface area contributed by atoms with Crippen LogP contribution in [0.1, 0.15) is 24.0 Å². The van der Waals surface area contributed by atoms with Gasteiger partial charge in [-0.05, 0) is 51.4 Å². The Morgan fingerprint density at radius 2 is 2.00 bits per heavy atom. The predicted octanol–water partition coefficient (Wildman–Crippen LogP) is 2.81. The third-order valence-electron chi connectivity index (χ3n) is 3.67. The molecule has 1 aromatic rings. The fourth-order valence-electron chi connectivity index (χ4n) is 2.55. The number of para-hydroxylation sites is 1. The van der Waals surface area contributed by atoms with Crippen LogP contribution in [0.4, 0.5) is 5.69 Å². The molecule has 2 heteroatoms. The van der Waals surface area contributed by atoms with Crippen molar-refractivity contribution in [3.8, 4) is 0 Å². The van der Waals surface area contributed by atoms with Crippen LogP contribution < -0.4 is 5.32 Å². The molecule has 1 aliphatic rings. The van der Waals surface area contributed by atoms with E-state index < -0.39 is 0 Å². The second kappa shape index (κ2) is 4.88. The van der Waals surface area contributed by atoms with E-state index in [9.17, 15) is 0 Å². The molecule has 1 unspecified atom stereocenters. The van der Waals surface area contributed by atoms with Crippen molar-refractivity contribution >= 4 is 5.69 Å². The van der Waals surface area contributed by atoms with Crippen molar-refractivity contribution in [1.29, 1.82) is 0 Å². The normalized spacial score (nSPS) is 21.3. The average Bonchev–Trinajstić information content (AvgIpc) is 2.64. The van der Waals surface area contributed by atoms with Crippen LogP contribution in [-0.4, -0.2) is 31.1 Å². The number of benzene rings is 1. The van der Waals surface area contributed by atoms with Crippen LogP contribution in [-0.2, 0) is 0 Å². The summed E-state index contributed by atoms with van der Waals surface area (Å²) in [7, 11) is 2.23. The lowest BCUT2D eigenvalue weighted by Crippen LogP contribution is -2.31.